The second-order valence-corrected chi connectivity index (χ2v) is 4.08. The van der Waals surface area contributed by atoms with Crippen LogP contribution in [0.1, 0.15) is 5.56 Å². The minimum absolute atomic E-state index is 0.0417. The molecule has 1 heterocycles. The van der Waals surface area contributed by atoms with Gasteiger partial charge in [-0.2, -0.15) is 5.10 Å². The van der Waals surface area contributed by atoms with Gasteiger partial charge in [-0.25, -0.2) is 0 Å². The fraction of sp³-hybridized carbons (Fsp3) is 0.231. The summed E-state index contributed by atoms with van der Waals surface area (Å²) in [5.74, 6) is 0.0417. The van der Waals surface area contributed by atoms with Crippen LogP contribution in [0, 0.1) is 0 Å². The molecule has 0 bridgehead atoms. The van der Waals surface area contributed by atoms with E-state index in [2.05, 4.69) is 15.5 Å². The smallest absolute Gasteiger partial charge is 0.241 e. The molecule has 0 saturated carbocycles. The van der Waals surface area contributed by atoms with Gasteiger partial charge in [0, 0.05) is 31.0 Å². The van der Waals surface area contributed by atoms with E-state index < -0.39 is 0 Å². The lowest BCUT2D eigenvalue weighted by molar-refractivity contribution is -0.128. The summed E-state index contributed by atoms with van der Waals surface area (Å²) in [5.41, 5.74) is 1.94. The maximum absolute atomic E-state index is 11.9. The first-order valence-electron chi connectivity index (χ1n) is 5.76. The van der Waals surface area contributed by atoms with Crippen LogP contribution < -0.4 is 5.32 Å². The van der Waals surface area contributed by atoms with E-state index in [-0.39, 0.29) is 5.91 Å². The monoisotopic (exact) mass is 244 g/mol. The van der Waals surface area contributed by atoms with Gasteiger partial charge in [-0.15, -0.1) is 0 Å². The van der Waals surface area contributed by atoms with Gasteiger partial charge in [0.05, 0.1) is 12.7 Å². The van der Waals surface area contributed by atoms with Crippen molar-refractivity contribution < 1.29 is 4.79 Å². The first-order chi connectivity index (χ1) is 8.75. The Hall–Kier alpha value is -2.30. The van der Waals surface area contributed by atoms with E-state index in [9.17, 15) is 4.79 Å². The normalized spacial score (nSPS) is 10.1. The summed E-state index contributed by atoms with van der Waals surface area (Å²) in [6.07, 6.45) is 3.50. The van der Waals surface area contributed by atoms with Gasteiger partial charge in [-0.3, -0.25) is 9.89 Å². The second-order valence-electron chi connectivity index (χ2n) is 4.08. The van der Waals surface area contributed by atoms with Gasteiger partial charge in [-0.1, -0.05) is 18.2 Å². The number of amides is 1. The second kappa shape index (κ2) is 5.86. The highest BCUT2D eigenvalue weighted by Crippen LogP contribution is 2.05. The van der Waals surface area contributed by atoms with E-state index in [1.54, 1.807) is 24.3 Å². The molecule has 2 aromatic rings. The number of aromatic nitrogens is 2. The van der Waals surface area contributed by atoms with Gasteiger partial charge in [-0.05, 0) is 12.1 Å². The molecule has 5 nitrogen and oxygen atoms in total. The lowest BCUT2D eigenvalue weighted by atomic mass is 10.3. The van der Waals surface area contributed by atoms with Crippen molar-refractivity contribution in [2.24, 2.45) is 0 Å². The summed E-state index contributed by atoms with van der Waals surface area (Å²) >= 11 is 0. The van der Waals surface area contributed by atoms with E-state index in [1.165, 1.54) is 0 Å². The van der Waals surface area contributed by atoms with E-state index in [1.807, 2.05) is 30.3 Å². The summed E-state index contributed by atoms with van der Waals surface area (Å²) in [6.45, 7) is 0.851. The molecule has 2 N–H and O–H groups in total. The Bertz CT molecular complexity index is 481. The van der Waals surface area contributed by atoms with Crippen LogP contribution in [0.5, 0.6) is 0 Å². The van der Waals surface area contributed by atoms with E-state index in [0.29, 0.717) is 13.1 Å². The molecule has 94 valence electrons. The minimum atomic E-state index is 0.0417. The molecular weight excluding hydrogens is 228 g/mol. The Labute approximate surface area is 106 Å². The lowest BCUT2D eigenvalue weighted by Crippen LogP contribution is -2.31. The number of hydrogen-bond acceptors (Lipinski definition) is 3. The van der Waals surface area contributed by atoms with Gasteiger partial charge >= 0.3 is 0 Å². The Morgan fingerprint density at radius 2 is 2.17 bits per heavy atom. The molecule has 0 aliphatic carbocycles. The molecule has 0 fully saturated rings. The van der Waals surface area contributed by atoms with Crippen LogP contribution in [0.25, 0.3) is 0 Å². The van der Waals surface area contributed by atoms with Crippen LogP contribution in [0.4, 0.5) is 5.69 Å². The topological polar surface area (TPSA) is 61.0 Å². The molecule has 18 heavy (non-hydrogen) atoms. The third kappa shape index (κ3) is 3.35. The molecule has 1 amide bonds. The highest BCUT2D eigenvalue weighted by molar-refractivity contribution is 5.80. The molecular formula is C13H16N4O. The maximum Gasteiger partial charge on any atom is 0.241 e. The number of rotatable bonds is 5. The first kappa shape index (κ1) is 12.2. The van der Waals surface area contributed by atoms with Crippen molar-refractivity contribution in [1.29, 1.82) is 0 Å². The Balaban J connectivity index is 1.81. The average Bonchev–Trinajstić information content (AvgIpc) is 2.90. The molecule has 0 spiro atoms. The molecule has 0 atom stereocenters. The molecule has 1 aromatic carbocycles. The van der Waals surface area contributed by atoms with Crippen molar-refractivity contribution in [3.05, 3.63) is 48.3 Å². The lowest BCUT2D eigenvalue weighted by Gasteiger charge is -2.16. The molecule has 0 aliphatic heterocycles. The highest BCUT2D eigenvalue weighted by atomic mass is 16.2. The molecule has 0 unspecified atom stereocenters. The summed E-state index contributed by atoms with van der Waals surface area (Å²) < 4.78 is 0. The minimum Gasteiger partial charge on any atom is -0.376 e. The van der Waals surface area contributed by atoms with Crippen molar-refractivity contribution in [3.8, 4) is 0 Å². The number of carbonyl (C=O) groups is 1. The molecule has 0 radical (unpaired) electrons. The predicted octanol–water partition coefficient (Wildman–Crippen LogP) is 1.48. The van der Waals surface area contributed by atoms with Gasteiger partial charge in [0.15, 0.2) is 0 Å². The van der Waals surface area contributed by atoms with Gasteiger partial charge in [0.25, 0.3) is 0 Å². The van der Waals surface area contributed by atoms with Crippen molar-refractivity contribution >= 4 is 11.6 Å². The van der Waals surface area contributed by atoms with Gasteiger partial charge < -0.3 is 10.2 Å². The third-order valence-electron chi connectivity index (χ3n) is 2.62. The van der Waals surface area contributed by atoms with E-state index in [0.717, 1.165) is 11.3 Å². The SMILES string of the molecule is CN(Cc1cn[nH]c1)C(=O)CNc1ccccc1. The number of carbonyl (C=O) groups excluding carboxylic acids is 1. The molecule has 5 heteroatoms. The Kier molecular flexibility index (Phi) is 3.96. The van der Waals surface area contributed by atoms with Gasteiger partial charge in [0.1, 0.15) is 0 Å². The zero-order chi connectivity index (χ0) is 12.8. The Morgan fingerprint density at radius 3 is 2.83 bits per heavy atom. The molecule has 1 aromatic heterocycles. The van der Waals surface area contributed by atoms with Gasteiger partial charge in [0.2, 0.25) is 5.91 Å². The number of para-hydroxylation sites is 1. The third-order valence-corrected chi connectivity index (χ3v) is 2.62. The highest BCUT2D eigenvalue weighted by Gasteiger charge is 2.09. The standard InChI is InChI=1S/C13H16N4O/c1-17(10-11-7-15-16-8-11)13(18)9-14-12-5-3-2-4-6-12/h2-8,14H,9-10H2,1H3,(H,15,16). The quantitative estimate of drug-likeness (QED) is 0.837. The maximum atomic E-state index is 11.9. The van der Waals surface area contributed by atoms with E-state index >= 15 is 0 Å². The zero-order valence-electron chi connectivity index (χ0n) is 10.3. The summed E-state index contributed by atoms with van der Waals surface area (Å²) in [4.78, 5) is 13.5. The zero-order valence-corrected chi connectivity index (χ0v) is 10.3. The largest absolute Gasteiger partial charge is 0.376 e. The Morgan fingerprint density at radius 1 is 1.39 bits per heavy atom. The number of likely N-dealkylation sites (N-methyl/N-ethyl adjacent to an activating group) is 1. The molecule has 2 rings (SSSR count). The number of nitrogens with one attached hydrogen (secondary N) is 2. The van der Waals surface area contributed by atoms with Crippen molar-refractivity contribution in [1.82, 2.24) is 15.1 Å². The number of anilines is 1. The molecule has 0 saturated heterocycles. The fourth-order valence-corrected chi connectivity index (χ4v) is 1.59. The molecule has 0 aliphatic rings. The van der Waals surface area contributed by atoms with Crippen LogP contribution in [-0.2, 0) is 11.3 Å². The van der Waals surface area contributed by atoms with Crippen molar-refractivity contribution in [2.75, 3.05) is 18.9 Å². The first-order valence-corrected chi connectivity index (χ1v) is 5.76. The summed E-state index contributed by atoms with van der Waals surface area (Å²) in [7, 11) is 1.78. The van der Waals surface area contributed by atoms with Crippen LogP contribution >= 0.6 is 0 Å². The van der Waals surface area contributed by atoms with Crippen LogP contribution in [-0.4, -0.2) is 34.6 Å². The van der Waals surface area contributed by atoms with E-state index in [4.69, 9.17) is 0 Å². The van der Waals surface area contributed by atoms with Crippen LogP contribution in [0.3, 0.4) is 0 Å². The number of nitrogens with zero attached hydrogens (tertiary/aromatic N) is 2. The fourth-order valence-electron chi connectivity index (χ4n) is 1.59. The van der Waals surface area contributed by atoms with Crippen LogP contribution in [0.15, 0.2) is 42.7 Å². The van der Waals surface area contributed by atoms with Crippen molar-refractivity contribution in [2.45, 2.75) is 6.54 Å². The van der Waals surface area contributed by atoms with Crippen molar-refractivity contribution in [3.63, 3.8) is 0 Å². The summed E-state index contributed by atoms with van der Waals surface area (Å²) in [5, 5.41) is 9.67. The van der Waals surface area contributed by atoms with Crippen LogP contribution in [0.2, 0.25) is 0 Å². The number of aromatic amines is 1. The predicted molar refractivity (Wildman–Crippen MR) is 70.0 cm³/mol. The number of hydrogen-bond donors (Lipinski definition) is 2. The summed E-state index contributed by atoms with van der Waals surface area (Å²) in [6, 6.07) is 9.68. The number of H-pyrrole nitrogens is 1. The average molecular weight is 244 g/mol. The number of benzene rings is 1.